The Bertz CT molecular complexity index is 949. The minimum absolute atomic E-state index is 0.0661. The van der Waals surface area contributed by atoms with Crippen molar-refractivity contribution >= 4 is 28.5 Å². The molecule has 0 saturated carbocycles. The van der Waals surface area contributed by atoms with Crippen LogP contribution in [0.5, 0.6) is 5.75 Å². The van der Waals surface area contributed by atoms with Gasteiger partial charge >= 0.3 is 0 Å². The summed E-state index contributed by atoms with van der Waals surface area (Å²) in [5.41, 5.74) is 2.56. The third-order valence-electron chi connectivity index (χ3n) is 3.96. The molecule has 0 bridgehead atoms. The Kier molecular flexibility index (Phi) is 4.83. The van der Waals surface area contributed by atoms with E-state index in [1.807, 2.05) is 0 Å². The minimum atomic E-state index is -0.286. The van der Waals surface area contributed by atoms with Gasteiger partial charge in [0.1, 0.15) is 11.3 Å². The van der Waals surface area contributed by atoms with E-state index >= 15 is 0 Å². The number of aromatic nitrogens is 3. The summed E-state index contributed by atoms with van der Waals surface area (Å²) in [7, 11) is 4.94. The number of benzene rings is 2. The van der Waals surface area contributed by atoms with Crippen LogP contribution in [0.15, 0.2) is 42.5 Å². The predicted molar refractivity (Wildman–Crippen MR) is 97.1 cm³/mol. The van der Waals surface area contributed by atoms with Gasteiger partial charge in [0, 0.05) is 25.3 Å². The number of methoxy groups -OCH3 is 1. The Balaban J connectivity index is 1.64. The van der Waals surface area contributed by atoms with Crippen molar-refractivity contribution in [3.8, 4) is 5.75 Å². The van der Waals surface area contributed by atoms with Gasteiger partial charge in [0.2, 0.25) is 5.91 Å². The SMILES string of the molecule is COc1ccc(NC(=O)CN(C)C(=O)c2ccc3c(c2)nnn3C)cc1. The Morgan fingerprint density at radius 1 is 1.19 bits per heavy atom. The number of anilines is 1. The summed E-state index contributed by atoms with van der Waals surface area (Å²) in [6.45, 7) is -0.0661. The summed E-state index contributed by atoms with van der Waals surface area (Å²) >= 11 is 0. The maximum Gasteiger partial charge on any atom is 0.254 e. The second-order valence-electron chi connectivity index (χ2n) is 5.85. The lowest BCUT2D eigenvalue weighted by atomic mass is 10.1. The molecule has 26 heavy (non-hydrogen) atoms. The van der Waals surface area contributed by atoms with Crippen molar-refractivity contribution in [2.45, 2.75) is 0 Å². The molecule has 0 radical (unpaired) electrons. The number of hydrogen-bond donors (Lipinski definition) is 1. The van der Waals surface area contributed by atoms with Gasteiger partial charge in [-0.1, -0.05) is 5.21 Å². The van der Waals surface area contributed by atoms with Crippen molar-refractivity contribution < 1.29 is 14.3 Å². The first-order chi connectivity index (χ1) is 12.5. The van der Waals surface area contributed by atoms with Crippen LogP contribution in [-0.4, -0.2) is 52.4 Å². The molecule has 0 unspecified atom stereocenters. The average molecular weight is 353 g/mol. The van der Waals surface area contributed by atoms with E-state index in [2.05, 4.69) is 15.6 Å². The molecule has 2 amide bonds. The van der Waals surface area contributed by atoms with Gasteiger partial charge in [-0.05, 0) is 42.5 Å². The number of aryl methyl sites for hydroxylation is 1. The van der Waals surface area contributed by atoms with Crippen LogP contribution >= 0.6 is 0 Å². The molecule has 3 aromatic rings. The number of nitrogens with one attached hydrogen (secondary N) is 1. The van der Waals surface area contributed by atoms with Gasteiger partial charge in [-0.2, -0.15) is 0 Å². The van der Waals surface area contributed by atoms with Gasteiger partial charge < -0.3 is 15.0 Å². The van der Waals surface area contributed by atoms with E-state index in [0.29, 0.717) is 22.5 Å². The lowest BCUT2D eigenvalue weighted by molar-refractivity contribution is -0.116. The molecule has 0 aliphatic heterocycles. The molecule has 0 aliphatic rings. The van der Waals surface area contributed by atoms with E-state index in [-0.39, 0.29) is 18.4 Å². The summed E-state index contributed by atoms with van der Waals surface area (Å²) < 4.78 is 6.71. The number of carbonyl (C=O) groups is 2. The zero-order valence-corrected chi connectivity index (χ0v) is 14.8. The van der Waals surface area contributed by atoms with Gasteiger partial charge in [-0.15, -0.1) is 5.10 Å². The van der Waals surface area contributed by atoms with Crippen LogP contribution in [0.2, 0.25) is 0 Å². The fourth-order valence-electron chi connectivity index (χ4n) is 2.56. The lowest BCUT2D eigenvalue weighted by Crippen LogP contribution is -2.34. The first kappa shape index (κ1) is 17.4. The summed E-state index contributed by atoms with van der Waals surface area (Å²) in [6.07, 6.45) is 0. The first-order valence-corrected chi connectivity index (χ1v) is 7.97. The van der Waals surface area contributed by atoms with Crippen molar-refractivity contribution in [3.05, 3.63) is 48.0 Å². The summed E-state index contributed by atoms with van der Waals surface area (Å²) in [5, 5.41) is 10.7. The highest BCUT2D eigenvalue weighted by molar-refractivity contribution is 6.00. The summed E-state index contributed by atoms with van der Waals surface area (Å²) in [4.78, 5) is 26.1. The Morgan fingerprint density at radius 3 is 2.62 bits per heavy atom. The highest BCUT2D eigenvalue weighted by Gasteiger charge is 2.16. The molecule has 134 valence electrons. The molecule has 2 aromatic carbocycles. The number of likely N-dealkylation sites (N-methyl/N-ethyl adjacent to an activating group) is 1. The lowest BCUT2D eigenvalue weighted by Gasteiger charge is -2.17. The first-order valence-electron chi connectivity index (χ1n) is 7.97. The van der Waals surface area contributed by atoms with Crippen LogP contribution in [0.1, 0.15) is 10.4 Å². The second kappa shape index (κ2) is 7.22. The van der Waals surface area contributed by atoms with Crippen LogP contribution in [0.3, 0.4) is 0 Å². The van der Waals surface area contributed by atoms with Crippen LogP contribution in [-0.2, 0) is 11.8 Å². The maximum absolute atomic E-state index is 12.5. The smallest absolute Gasteiger partial charge is 0.254 e. The molecule has 8 heteroatoms. The van der Waals surface area contributed by atoms with Gasteiger partial charge in [-0.3, -0.25) is 9.59 Å². The van der Waals surface area contributed by atoms with E-state index < -0.39 is 0 Å². The molecular formula is C18H19N5O3. The second-order valence-corrected chi connectivity index (χ2v) is 5.85. The van der Waals surface area contributed by atoms with E-state index in [9.17, 15) is 9.59 Å². The van der Waals surface area contributed by atoms with Gasteiger partial charge in [0.05, 0.1) is 19.2 Å². The quantitative estimate of drug-likeness (QED) is 0.754. The maximum atomic E-state index is 12.5. The molecule has 1 heterocycles. The number of fused-ring (bicyclic) bond motifs is 1. The highest BCUT2D eigenvalue weighted by Crippen LogP contribution is 2.16. The fraction of sp³-hybridized carbons (Fsp3) is 0.222. The standard InChI is InChI=1S/C18H19N5O3/c1-22(11-17(24)19-13-5-7-14(26-3)8-6-13)18(25)12-4-9-16-15(10-12)20-21-23(16)2/h4-10H,11H2,1-3H3,(H,19,24). The topological polar surface area (TPSA) is 89.3 Å². The zero-order chi connectivity index (χ0) is 18.7. The molecule has 0 aliphatic carbocycles. The van der Waals surface area contributed by atoms with Crippen LogP contribution in [0.25, 0.3) is 11.0 Å². The fourth-order valence-corrected chi connectivity index (χ4v) is 2.56. The minimum Gasteiger partial charge on any atom is -0.497 e. The normalized spacial score (nSPS) is 10.6. The van der Waals surface area contributed by atoms with Gasteiger partial charge in [0.25, 0.3) is 5.91 Å². The number of rotatable bonds is 5. The number of nitrogens with zero attached hydrogens (tertiary/aromatic N) is 4. The Morgan fingerprint density at radius 2 is 1.92 bits per heavy atom. The van der Waals surface area contributed by atoms with Crippen molar-refractivity contribution in [1.29, 1.82) is 0 Å². The third kappa shape index (κ3) is 3.64. The number of carbonyl (C=O) groups excluding carboxylic acids is 2. The van der Waals surface area contributed by atoms with E-state index in [1.165, 1.54) is 4.90 Å². The molecular weight excluding hydrogens is 334 g/mol. The van der Waals surface area contributed by atoms with E-state index in [1.54, 1.807) is 68.4 Å². The van der Waals surface area contributed by atoms with Gasteiger partial charge in [-0.25, -0.2) is 4.68 Å². The molecule has 1 aromatic heterocycles. The van der Waals surface area contributed by atoms with Crippen LogP contribution in [0.4, 0.5) is 5.69 Å². The number of amides is 2. The Labute approximate surface area is 150 Å². The largest absolute Gasteiger partial charge is 0.497 e. The van der Waals surface area contributed by atoms with Crippen LogP contribution < -0.4 is 10.1 Å². The van der Waals surface area contributed by atoms with Gasteiger partial charge in [0.15, 0.2) is 0 Å². The molecule has 0 spiro atoms. The monoisotopic (exact) mass is 353 g/mol. The summed E-state index contributed by atoms with van der Waals surface area (Å²) in [6, 6.07) is 12.1. The molecule has 0 saturated heterocycles. The van der Waals surface area contributed by atoms with E-state index in [4.69, 9.17) is 4.74 Å². The van der Waals surface area contributed by atoms with E-state index in [0.717, 1.165) is 5.52 Å². The predicted octanol–water partition coefficient (Wildman–Crippen LogP) is 1.69. The average Bonchev–Trinajstić information content (AvgIpc) is 3.02. The third-order valence-corrected chi connectivity index (χ3v) is 3.96. The molecule has 8 nitrogen and oxygen atoms in total. The number of ether oxygens (including phenoxy) is 1. The van der Waals surface area contributed by atoms with Crippen LogP contribution in [0, 0.1) is 0 Å². The Hall–Kier alpha value is -3.42. The molecule has 0 fully saturated rings. The molecule has 3 rings (SSSR count). The van der Waals surface area contributed by atoms with Crippen molar-refractivity contribution in [3.63, 3.8) is 0 Å². The van der Waals surface area contributed by atoms with Crippen molar-refractivity contribution in [1.82, 2.24) is 19.9 Å². The molecule has 0 atom stereocenters. The zero-order valence-electron chi connectivity index (χ0n) is 14.8. The number of hydrogen-bond acceptors (Lipinski definition) is 5. The summed E-state index contributed by atoms with van der Waals surface area (Å²) in [5.74, 6) is 0.156. The highest BCUT2D eigenvalue weighted by atomic mass is 16.5. The van der Waals surface area contributed by atoms with Crippen molar-refractivity contribution in [2.75, 3.05) is 26.0 Å². The molecule has 1 N–H and O–H groups in total. The van der Waals surface area contributed by atoms with Crippen molar-refractivity contribution in [2.24, 2.45) is 7.05 Å².